The highest BCUT2D eigenvalue weighted by atomic mass is 16.5. The zero-order valence-electron chi connectivity index (χ0n) is 31.1. The molecule has 8 heteroatoms. The first-order valence-corrected chi connectivity index (χ1v) is 17.9. The van der Waals surface area contributed by atoms with Gasteiger partial charge in [-0.25, -0.2) is 19.2 Å². The molecular formula is C42H56O8. The molecule has 1 N–H and O–H groups in total. The summed E-state index contributed by atoms with van der Waals surface area (Å²) in [4.78, 5) is 48.1. The van der Waals surface area contributed by atoms with Gasteiger partial charge in [0.1, 0.15) is 17.6 Å². The SMILES string of the molecule is C=C(C)C(=O)Oc1cccc(C(=O)O)c1C1CC(C)CCC1C(C)C.C=C(C)C(=O)Oc1cccc(C(=O)OC2CC(C)CCC2C(C)C)c1. The van der Waals surface area contributed by atoms with E-state index < -0.39 is 17.9 Å². The van der Waals surface area contributed by atoms with Crippen molar-refractivity contribution in [3.05, 3.63) is 83.5 Å². The maximum Gasteiger partial charge on any atom is 0.338 e. The summed E-state index contributed by atoms with van der Waals surface area (Å²) in [6.45, 7) is 23.5. The molecule has 0 amide bonds. The number of rotatable bonds is 10. The second-order valence-corrected chi connectivity index (χ2v) is 15.1. The van der Waals surface area contributed by atoms with E-state index in [0.29, 0.717) is 69.3 Å². The molecule has 0 heterocycles. The summed E-state index contributed by atoms with van der Waals surface area (Å²) in [5.74, 6) is 1.15. The number of esters is 3. The van der Waals surface area contributed by atoms with Gasteiger partial charge in [-0.05, 0) is 111 Å². The third-order valence-electron chi connectivity index (χ3n) is 10.1. The fraction of sp³-hybridized carbons (Fsp3) is 0.524. The van der Waals surface area contributed by atoms with Crippen LogP contribution in [0.5, 0.6) is 11.5 Å². The zero-order valence-corrected chi connectivity index (χ0v) is 31.1. The number of hydrogen-bond acceptors (Lipinski definition) is 7. The van der Waals surface area contributed by atoms with Crippen LogP contribution in [0.1, 0.15) is 126 Å². The predicted octanol–water partition coefficient (Wildman–Crippen LogP) is 9.83. The van der Waals surface area contributed by atoms with Crippen molar-refractivity contribution in [1.29, 1.82) is 0 Å². The highest BCUT2D eigenvalue weighted by Crippen LogP contribution is 2.48. The highest BCUT2D eigenvalue weighted by Gasteiger charge is 2.37. The van der Waals surface area contributed by atoms with E-state index in [1.54, 1.807) is 56.3 Å². The van der Waals surface area contributed by atoms with Crippen molar-refractivity contribution >= 4 is 23.9 Å². The van der Waals surface area contributed by atoms with Crippen LogP contribution in [-0.4, -0.2) is 35.1 Å². The smallest absolute Gasteiger partial charge is 0.338 e. The molecule has 2 saturated carbocycles. The van der Waals surface area contributed by atoms with Gasteiger partial charge in [0.15, 0.2) is 0 Å². The maximum absolute atomic E-state index is 12.6. The molecule has 0 spiro atoms. The normalized spacial score (nSPS) is 23.2. The molecule has 8 nitrogen and oxygen atoms in total. The van der Waals surface area contributed by atoms with Gasteiger partial charge in [-0.1, -0.05) is 79.7 Å². The van der Waals surface area contributed by atoms with Gasteiger partial charge in [0, 0.05) is 16.7 Å². The molecule has 2 fully saturated rings. The molecule has 0 aromatic heterocycles. The second-order valence-electron chi connectivity index (χ2n) is 15.1. The first kappa shape index (κ1) is 40.2. The summed E-state index contributed by atoms with van der Waals surface area (Å²) in [7, 11) is 0. The number of carboxylic acids is 1. The van der Waals surface area contributed by atoms with E-state index in [9.17, 15) is 24.3 Å². The second kappa shape index (κ2) is 18.2. The Hall–Kier alpha value is -4.20. The Kier molecular flexibility index (Phi) is 14.6. The number of carbonyl (C=O) groups is 4. The third-order valence-corrected chi connectivity index (χ3v) is 10.1. The van der Waals surface area contributed by atoms with Crippen LogP contribution in [0.2, 0.25) is 0 Å². The van der Waals surface area contributed by atoms with Crippen molar-refractivity contribution in [3.8, 4) is 11.5 Å². The molecule has 2 aromatic rings. The molecule has 272 valence electrons. The number of carbonyl (C=O) groups excluding carboxylic acids is 3. The van der Waals surface area contributed by atoms with Gasteiger partial charge in [0.25, 0.3) is 0 Å². The average Bonchev–Trinajstić information content (AvgIpc) is 3.04. The van der Waals surface area contributed by atoms with Crippen LogP contribution in [0.3, 0.4) is 0 Å². The van der Waals surface area contributed by atoms with Crippen LogP contribution in [0, 0.1) is 35.5 Å². The highest BCUT2D eigenvalue weighted by molar-refractivity contribution is 5.93. The Morgan fingerprint density at radius 2 is 1.32 bits per heavy atom. The number of carboxylic acid groups (broad SMARTS) is 1. The predicted molar refractivity (Wildman–Crippen MR) is 195 cm³/mol. The molecule has 0 radical (unpaired) electrons. The van der Waals surface area contributed by atoms with Gasteiger partial charge in [-0.15, -0.1) is 0 Å². The molecule has 6 unspecified atom stereocenters. The van der Waals surface area contributed by atoms with Crippen LogP contribution < -0.4 is 9.47 Å². The molecule has 4 rings (SSSR count). The van der Waals surface area contributed by atoms with Crippen LogP contribution in [0.15, 0.2) is 66.8 Å². The molecule has 50 heavy (non-hydrogen) atoms. The number of aromatic carboxylic acids is 1. The topological polar surface area (TPSA) is 116 Å². The van der Waals surface area contributed by atoms with Gasteiger partial charge in [-0.3, -0.25) is 0 Å². The molecule has 2 aliphatic carbocycles. The minimum Gasteiger partial charge on any atom is -0.478 e. The van der Waals surface area contributed by atoms with E-state index in [-0.39, 0.29) is 23.6 Å². The summed E-state index contributed by atoms with van der Waals surface area (Å²) in [5.41, 5.74) is 1.90. The Bertz CT molecular complexity index is 1550. The van der Waals surface area contributed by atoms with Crippen molar-refractivity contribution in [1.82, 2.24) is 0 Å². The van der Waals surface area contributed by atoms with Crippen molar-refractivity contribution in [2.24, 2.45) is 35.5 Å². The van der Waals surface area contributed by atoms with Crippen molar-refractivity contribution in [2.75, 3.05) is 0 Å². The average molecular weight is 689 g/mol. The maximum atomic E-state index is 12.6. The van der Waals surface area contributed by atoms with Crippen LogP contribution in [0.25, 0.3) is 0 Å². The van der Waals surface area contributed by atoms with E-state index in [0.717, 1.165) is 32.1 Å². The fourth-order valence-corrected chi connectivity index (χ4v) is 7.26. The lowest BCUT2D eigenvalue weighted by atomic mass is 9.66. The van der Waals surface area contributed by atoms with Crippen molar-refractivity contribution in [3.63, 3.8) is 0 Å². The number of benzene rings is 2. The Morgan fingerprint density at radius 3 is 1.90 bits per heavy atom. The lowest BCUT2D eigenvalue weighted by molar-refractivity contribution is -0.131. The van der Waals surface area contributed by atoms with Crippen LogP contribution >= 0.6 is 0 Å². The van der Waals surface area contributed by atoms with Gasteiger partial charge in [-0.2, -0.15) is 0 Å². The zero-order chi connectivity index (χ0) is 37.3. The Morgan fingerprint density at radius 1 is 0.760 bits per heavy atom. The molecular weight excluding hydrogens is 632 g/mol. The lowest BCUT2D eigenvalue weighted by Gasteiger charge is -2.38. The van der Waals surface area contributed by atoms with Crippen LogP contribution in [0.4, 0.5) is 0 Å². The number of hydrogen-bond donors (Lipinski definition) is 1. The van der Waals surface area contributed by atoms with Gasteiger partial charge < -0.3 is 19.3 Å². The van der Waals surface area contributed by atoms with E-state index >= 15 is 0 Å². The molecule has 0 bridgehead atoms. The first-order chi connectivity index (χ1) is 23.5. The van der Waals surface area contributed by atoms with Gasteiger partial charge >= 0.3 is 23.9 Å². The lowest BCUT2D eigenvalue weighted by Crippen LogP contribution is -2.35. The van der Waals surface area contributed by atoms with Crippen LogP contribution in [-0.2, 0) is 14.3 Å². The van der Waals surface area contributed by atoms with Gasteiger partial charge in [0.2, 0.25) is 0 Å². The summed E-state index contributed by atoms with van der Waals surface area (Å²) >= 11 is 0. The number of ether oxygens (including phenoxy) is 3. The quantitative estimate of drug-likeness (QED) is 0.149. The third kappa shape index (κ3) is 10.9. The summed E-state index contributed by atoms with van der Waals surface area (Å²) in [5, 5.41) is 9.70. The standard InChI is InChI=1S/2C21H28O4/c1-13(2)18-10-9-15(5)11-19(18)25-21(23)16-7-6-8-17(12-16)24-20(22)14(3)4;1-12(2)15-10-9-14(5)11-17(15)19-16(20(22)23)7-6-8-18(19)25-21(24)13(3)4/h6-8,12-13,15,18-19H,3,9-11H2,1-2,4-5H3;6-8,12,14-15,17H,3,9-11H2,1-2,4-5H3,(H,22,23). The van der Waals surface area contributed by atoms with Crippen molar-refractivity contribution < 1.29 is 38.5 Å². The minimum atomic E-state index is -0.982. The fourth-order valence-electron chi connectivity index (χ4n) is 7.26. The minimum absolute atomic E-state index is 0.0575. The molecule has 0 saturated heterocycles. The summed E-state index contributed by atoms with van der Waals surface area (Å²) < 4.78 is 16.5. The Labute approximate surface area is 298 Å². The molecule has 2 aliphatic rings. The first-order valence-electron chi connectivity index (χ1n) is 17.9. The van der Waals surface area contributed by atoms with E-state index in [2.05, 4.69) is 54.7 Å². The van der Waals surface area contributed by atoms with E-state index in [1.807, 2.05) is 0 Å². The summed E-state index contributed by atoms with van der Waals surface area (Å²) in [6, 6.07) is 11.5. The van der Waals surface area contributed by atoms with E-state index in [1.165, 1.54) is 6.42 Å². The molecule has 6 atom stereocenters. The monoisotopic (exact) mass is 688 g/mol. The van der Waals surface area contributed by atoms with Gasteiger partial charge in [0.05, 0.1) is 11.1 Å². The van der Waals surface area contributed by atoms with E-state index in [4.69, 9.17) is 14.2 Å². The largest absolute Gasteiger partial charge is 0.478 e. The van der Waals surface area contributed by atoms with Crippen molar-refractivity contribution in [2.45, 2.75) is 106 Å². The molecule has 0 aliphatic heterocycles. The Balaban J connectivity index is 0.000000270. The summed E-state index contributed by atoms with van der Waals surface area (Å²) in [6.07, 6.45) is 6.23. The molecule has 2 aromatic carbocycles.